The summed E-state index contributed by atoms with van der Waals surface area (Å²) in [5.41, 5.74) is 2.26. The molecule has 0 radical (unpaired) electrons. The third-order valence-electron chi connectivity index (χ3n) is 4.49. The van der Waals surface area contributed by atoms with Crippen LogP contribution in [0.15, 0.2) is 47.4 Å². The first-order chi connectivity index (χ1) is 12.3. The van der Waals surface area contributed by atoms with E-state index in [-0.39, 0.29) is 23.3 Å². The summed E-state index contributed by atoms with van der Waals surface area (Å²) in [6.07, 6.45) is 0. The van der Waals surface area contributed by atoms with Gasteiger partial charge in [0.25, 0.3) is 0 Å². The van der Waals surface area contributed by atoms with Crippen molar-refractivity contribution in [3.8, 4) is 5.75 Å². The average molecular weight is 374 g/mol. The molecule has 1 amide bonds. The number of hydrogen-bond donors (Lipinski definition) is 1. The fraction of sp³-hybridized carbons (Fsp3) is 0.316. The van der Waals surface area contributed by atoms with Crippen molar-refractivity contribution in [2.24, 2.45) is 0 Å². The highest BCUT2D eigenvalue weighted by molar-refractivity contribution is 7.89. The lowest BCUT2D eigenvalue weighted by molar-refractivity contribution is -0.116. The van der Waals surface area contributed by atoms with Crippen LogP contribution in [0, 0.1) is 0 Å². The molecule has 26 heavy (non-hydrogen) atoms. The van der Waals surface area contributed by atoms with E-state index in [1.165, 1.54) is 10.4 Å². The molecule has 138 valence electrons. The number of hydrogen-bond acceptors (Lipinski definition) is 4. The largest absolute Gasteiger partial charge is 0.494 e. The minimum Gasteiger partial charge on any atom is -0.494 e. The Kier molecular flexibility index (Phi) is 5.02. The molecule has 0 unspecified atom stereocenters. The summed E-state index contributed by atoms with van der Waals surface area (Å²) < 4.78 is 32.5. The van der Waals surface area contributed by atoms with Gasteiger partial charge in [-0.3, -0.25) is 4.79 Å². The van der Waals surface area contributed by atoms with Crippen molar-refractivity contribution in [1.29, 1.82) is 0 Å². The van der Waals surface area contributed by atoms with Crippen molar-refractivity contribution >= 4 is 21.6 Å². The lowest BCUT2D eigenvalue weighted by Crippen LogP contribution is -2.26. The van der Waals surface area contributed by atoms with Gasteiger partial charge in [-0.2, -0.15) is 4.31 Å². The lowest BCUT2D eigenvalue weighted by Gasteiger charge is -2.18. The minimum absolute atomic E-state index is 0.114. The van der Waals surface area contributed by atoms with Crippen LogP contribution in [0.5, 0.6) is 5.75 Å². The van der Waals surface area contributed by atoms with Crippen molar-refractivity contribution in [3.63, 3.8) is 0 Å². The smallest absolute Gasteiger partial charge is 0.243 e. The lowest BCUT2D eigenvalue weighted by atomic mass is 10.0. The van der Waals surface area contributed by atoms with E-state index in [1.807, 2.05) is 31.2 Å². The number of nitrogens with one attached hydrogen (secondary N) is 1. The van der Waals surface area contributed by atoms with Gasteiger partial charge in [-0.25, -0.2) is 8.42 Å². The summed E-state index contributed by atoms with van der Waals surface area (Å²) in [5, 5.41) is 2.75. The zero-order chi connectivity index (χ0) is 18.9. The molecule has 0 saturated heterocycles. The summed E-state index contributed by atoms with van der Waals surface area (Å²) in [6.45, 7) is 4.51. The first-order valence-electron chi connectivity index (χ1n) is 8.46. The number of sulfonamides is 1. The summed E-state index contributed by atoms with van der Waals surface area (Å²) in [5.74, 6) is 0.292. The van der Waals surface area contributed by atoms with E-state index in [0.717, 1.165) is 11.3 Å². The maximum Gasteiger partial charge on any atom is 0.243 e. The number of nitrogens with zero attached hydrogens (tertiary/aromatic N) is 1. The third kappa shape index (κ3) is 3.45. The van der Waals surface area contributed by atoms with Gasteiger partial charge in [0, 0.05) is 19.3 Å². The van der Waals surface area contributed by atoms with Crippen molar-refractivity contribution < 1.29 is 17.9 Å². The Labute approximate surface area is 153 Å². The van der Waals surface area contributed by atoms with Gasteiger partial charge in [0.2, 0.25) is 15.9 Å². The van der Waals surface area contributed by atoms with E-state index in [4.69, 9.17) is 4.74 Å². The van der Waals surface area contributed by atoms with Gasteiger partial charge in [-0.05, 0) is 55.3 Å². The minimum atomic E-state index is -3.66. The van der Waals surface area contributed by atoms with Crippen molar-refractivity contribution in [1.82, 2.24) is 4.31 Å². The van der Waals surface area contributed by atoms with Crippen LogP contribution in [0.1, 0.15) is 30.9 Å². The van der Waals surface area contributed by atoms with Gasteiger partial charge in [0.15, 0.2) is 0 Å². The predicted octanol–water partition coefficient (Wildman–Crippen LogP) is 2.96. The number of anilines is 1. The Bertz CT molecular complexity index is 923. The van der Waals surface area contributed by atoms with Crippen LogP contribution in [-0.2, 0) is 21.4 Å². The Hall–Kier alpha value is -2.38. The Morgan fingerprint density at radius 2 is 1.85 bits per heavy atom. The van der Waals surface area contributed by atoms with Gasteiger partial charge >= 0.3 is 0 Å². The zero-order valence-electron chi connectivity index (χ0n) is 15.0. The summed E-state index contributed by atoms with van der Waals surface area (Å²) in [4.78, 5) is 11.9. The van der Waals surface area contributed by atoms with Crippen LogP contribution >= 0.6 is 0 Å². The monoisotopic (exact) mass is 374 g/mol. The second-order valence-electron chi connectivity index (χ2n) is 6.30. The highest BCUT2D eigenvalue weighted by atomic mass is 32.2. The average Bonchev–Trinajstić information content (AvgIpc) is 2.90. The van der Waals surface area contributed by atoms with E-state index in [1.54, 1.807) is 26.1 Å². The van der Waals surface area contributed by atoms with Crippen LogP contribution in [0.3, 0.4) is 0 Å². The maximum absolute atomic E-state index is 12.9. The summed E-state index contributed by atoms with van der Waals surface area (Å²) >= 11 is 0. The number of benzene rings is 2. The van der Waals surface area contributed by atoms with Gasteiger partial charge in [-0.1, -0.05) is 12.1 Å². The Morgan fingerprint density at radius 3 is 2.50 bits per heavy atom. The molecule has 0 bridgehead atoms. The molecule has 0 aliphatic carbocycles. The maximum atomic E-state index is 12.9. The van der Waals surface area contributed by atoms with Crippen LogP contribution in [0.2, 0.25) is 0 Å². The van der Waals surface area contributed by atoms with Crippen molar-refractivity contribution in [3.05, 3.63) is 53.6 Å². The molecular weight excluding hydrogens is 352 g/mol. The Balaban J connectivity index is 1.80. The number of amides is 1. The molecule has 6 nitrogen and oxygen atoms in total. The molecule has 2 aromatic carbocycles. The first-order valence-corrected chi connectivity index (χ1v) is 9.90. The van der Waals surface area contributed by atoms with E-state index in [9.17, 15) is 13.2 Å². The highest BCUT2D eigenvalue weighted by Crippen LogP contribution is 2.34. The molecule has 2 aromatic rings. The summed E-state index contributed by atoms with van der Waals surface area (Å²) in [7, 11) is -2.11. The van der Waals surface area contributed by atoms with E-state index < -0.39 is 10.0 Å². The normalized spacial score (nSPS) is 16.5. The fourth-order valence-electron chi connectivity index (χ4n) is 2.94. The van der Waals surface area contributed by atoms with Gasteiger partial charge < -0.3 is 10.1 Å². The number of rotatable bonds is 6. The quantitative estimate of drug-likeness (QED) is 0.843. The van der Waals surface area contributed by atoms with E-state index in [0.29, 0.717) is 17.9 Å². The predicted molar refractivity (Wildman–Crippen MR) is 99.8 cm³/mol. The molecule has 7 heteroatoms. The molecule has 1 atom stereocenters. The molecule has 0 fully saturated rings. The van der Waals surface area contributed by atoms with Crippen LogP contribution in [0.25, 0.3) is 0 Å². The standard InChI is InChI=1S/C19H22N2O4S/c1-4-25-15-7-5-14(6-8-15)12-21(3)26(23,24)16-9-10-18-17(11-16)13(2)19(22)20-18/h5-11,13H,4,12H2,1-3H3,(H,20,22)/t13-/m0/s1. The highest BCUT2D eigenvalue weighted by Gasteiger charge is 2.29. The molecule has 1 aliphatic rings. The molecule has 1 N–H and O–H groups in total. The first kappa shape index (κ1) is 18.4. The molecule has 1 aliphatic heterocycles. The van der Waals surface area contributed by atoms with Crippen LogP contribution in [-0.4, -0.2) is 32.3 Å². The second-order valence-corrected chi connectivity index (χ2v) is 8.34. The van der Waals surface area contributed by atoms with Gasteiger partial charge in [0.05, 0.1) is 17.4 Å². The number of fused-ring (bicyclic) bond motifs is 1. The number of carbonyl (C=O) groups is 1. The van der Waals surface area contributed by atoms with Gasteiger partial charge in [-0.15, -0.1) is 0 Å². The molecule has 1 heterocycles. The van der Waals surface area contributed by atoms with Crippen LogP contribution in [0.4, 0.5) is 5.69 Å². The van der Waals surface area contributed by atoms with Crippen molar-refractivity contribution in [2.45, 2.75) is 31.2 Å². The van der Waals surface area contributed by atoms with Gasteiger partial charge in [0.1, 0.15) is 5.75 Å². The number of ether oxygens (including phenoxy) is 1. The van der Waals surface area contributed by atoms with Crippen molar-refractivity contribution in [2.75, 3.05) is 19.0 Å². The molecule has 3 rings (SSSR count). The van der Waals surface area contributed by atoms with E-state index in [2.05, 4.69) is 5.32 Å². The summed E-state index contributed by atoms with van der Waals surface area (Å²) in [6, 6.07) is 12.1. The topological polar surface area (TPSA) is 75.7 Å². The third-order valence-corrected chi connectivity index (χ3v) is 6.29. The second kappa shape index (κ2) is 7.09. The fourth-order valence-corrected chi connectivity index (χ4v) is 4.13. The van der Waals surface area contributed by atoms with Crippen LogP contribution < -0.4 is 10.1 Å². The SMILES string of the molecule is CCOc1ccc(CN(C)S(=O)(=O)c2ccc3c(c2)[C@H](C)C(=O)N3)cc1. The zero-order valence-corrected chi connectivity index (χ0v) is 15.8. The Morgan fingerprint density at radius 1 is 1.15 bits per heavy atom. The molecule has 0 spiro atoms. The van der Waals surface area contributed by atoms with E-state index >= 15 is 0 Å². The molecule has 0 saturated carbocycles. The molecular formula is C19H22N2O4S. The number of carbonyl (C=O) groups excluding carboxylic acids is 1. The molecule has 0 aromatic heterocycles.